The summed E-state index contributed by atoms with van der Waals surface area (Å²) in [5, 5.41) is 0. The Morgan fingerprint density at radius 1 is 0.297 bits per heavy atom. The Bertz CT molecular complexity index is 3500. The van der Waals surface area contributed by atoms with Gasteiger partial charge in [0.2, 0.25) is 0 Å². The minimum absolute atomic E-state index is 0.709. The molecule has 1 aliphatic rings. The van der Waals surface area contributed by atoms with Crippen molar-refractivity contribution in [3.05, 3.63) is 317 Å². The van der Waals surface area contributed by atoms with Crippen molar-refractivity contribution in [2.24, 2.45) is 0 Å². The maximum Gasteiger partial charge on any atom is 0.0742 e. The van der Waals surface area contributed by atoms with Gasteiger partial charge in [-0.3, -0.25) is 0 Å². The van der Waals surface area contributed by atoms with E-state index in [9.17, 15) is 0 Å². The number of anilines is 9. The molecule has 0 fully saturated rings. The fraction of sp³-hybridized carbons (Fsp3) is 0.0704. The van der Waals surface area contributed by atoms with E-state index in [1.165, 1.54) is 66.8 Å². The van der Waals surface area contributed by atoms with Crippen molar-refractivity contribution >= 4 is 51.2 Å². The van der Waals surface area contributed by atoms with E-state index in [1.807, 2.05) is 0 Å². The molecule has 1 aliphatic heterocycles. The van der Waals surface area contributed by atoms with Crippen molar-refractivity contribution < 1.29 is 0 Å². The molecule has 0 radical (unpaired) electrons. The molecule has 12 rings (SSSR count). The first kappa shape index (κ1) is 45.9. The van der Waals surface area contributed by atoms with Gasteiger partial charge in [-0.25, -0.2) is 0 Å². The lowest BCUT2D eigenvalue weighted by Gasteiger charge is -2.46. The maximum absolute atomic E-state index is 2.44. The average Bonchev–Trinajstić information content (AvgIpc) is 3.45. The number of hydrogen-bond donors (Lipinski definition) is 0. The van der Waals surface area contributed by atoms with Crippen molar-refractivity contribution in [1.82, 2.24) is 0 Å². The molecule has 0 amide bonds. The van der Waals surface area contributed by atoms with Crippen molar-refractivity contribution in [3.8, 4) is 22.3 Å². The lowest BCUT2D eigenvalue weighted by molar-refractivity contribution is 0.731. The molecule has 0 saturated heterocycles. The SMILES string of the molecule is Cc1ccc(N(c2ccc(-c3ccccc3)cc2)c2ccc(C3(c4ccc(N(c5ccc(-c6ccccc6)cc5)c5ccc(C)cc5C)cc4)c4ccccc4N(c4ccccc4)c4ccccc43)cc2)c(C)c1. The standard InChI is InChI=1S/C71H57N3/c1-50-28-46-67(52(3)48-50)72(61-38-30-56(31-39-61)54-18-8-5-9-19-54)63-42-34-58(35-43-63)71(65-24-14-16-26-69(65)74(60-22-12-7-13-23-60)70-27-17-15-25-66(70)71)59-36-44-64(45-37-59)73(68-47-29-51(2)49-53(68)4)62-40-32-57(33-41-62)55-20-10-6-11-21-55/h5-49H,1-4H3. The van der Waals surface area contributed by atoms with Crippen LogP contribution in [0.2, 0.25) is 0 Å². The number of hydrogen-bond acceptors (Lipinski definition) is 3. The van der Waals surface area contributed by atoms with Crippen LogP contribution in [0.4, 0.5) is 51.2 Å². The Balaban J connectivity index is 1.04. The van der Waals surface area contributed by atoms with Crippen LogP contribution in [-0.4, -0.2) is 0 Å². The summed E-state index contributed by atoms with van der Waals surface area (Å²) in [5.41, 5.74) is 23.9. The molecule has 0 aromatic heterocycles. The van der Waals surface area contributed by atoms with Crippen molar-refractivity contribution in [1.29, 1.82) is 0 Å². The number of rotatable bonds is 11. The lowest BCUT2D eigenvalue weighted by Crippen LogP contribution is -2.37. The Kier molecular flexibility index (Phi) is 12.1. The zero-order valence-electron chi connectivity index (χ0n) is 42.3. The molecule has 1 heterocycles. The Morgan fingerprint density at radius 3 is 1.00 bits per heavy atom. The molecule has 0 N–H and O–H groups in total. The van der Waals surface area contributed by atoms with Gasteiger partial charge in [-0.15, -0.1) is 0 Å². The topological polar surface area (TPSA) is 9.72 Å². The molecule has 0 bridgehead atoms. The number of benzene rings is 11. The van der Waals surface area contributed by atoms with Crippen molar-refractivity contribution in [2.45, 2.75) is 33.1 Å². The first-order valence-corrected chi connectivity index (χ1v) is 25.7. The normalized spacial score (nSPS) is 12.4. The van der Waals surface area contributed by atoms with Crippen molar-refractivity contribution in [2.75, 3.05) is 14.7 Å². The summed E-state index contributed by atoms with van der Waals surface area (Å²) < 4.78 is 0. The molecule has 0 spiro atoms. The molecule has 74 heavy (non-hydrogen) atoms. The van der Waals surface area contributed by atoms with E-state index >= 15 is 0 Å². The number of para-hydroxylation sites is 3. The van der Waals surface area contributed by atoms with Crippen LogP contribution in [0.3, 0.4) is 0 Å². The van der Waals surface area contributed by atoms with Gasteiger partial charge in [0.05, 0.1) is 16.8 Å². The predicted molar refractivity (Wildman–Crippen MR) is 312 cm³/mol. The fourth-order valence-electron chi connectivity index (χ4n) is 11.4. The monoisotopic (exact) mass is 951 g/mol. The van der Waals surface area contributed by atoms with Gasteiger partial charge in [-0.05, 0) is 168 Å². The van der Waals surface area contributed by atoms with E-state index in [4.69, 9.17) is 0 Å². The van der Waals surface area contributed by atoms with Crippen LogP contribution in [0.25, 0.3) is 22.3 Å². The highest BCUT2D eigenvalue weighted by Gasteiger charge is 2.46. The quantitative estimate of drug-likeness (QED) is 0.128. The summed E-state index contributed by atoms with van der Waals surface area (Å²) >= 11 is 0. The number of aryl methyl sites for hydroxylation is 4. The lowest BCUT2D eigenvalue weighted by atomic mass is 9.62. The second kappa shape index (κ2) is 19.4. The van der Waals surface area contributed by atoms with Gasteiger partial charge in [0.25, 0.3) is 0 Å². The van der Waals surface area contributed by atoms with Gasteiger partial charge < -0.3 is 14.7 Å². The Morgan fingerprint density at radius 2 is 0.622 bits per heavy atom. The van der Waals surface area contributed by atoms with Crippen LogP contribution >= 0.6 is 0 Å². The highest BCUT2D eigenvalue weighted by Crippen LogP contribution is 2.58. The second-order valence-corrected chi connectivity index (χ2v) is 19.6. The summed E-state index contributed by atoms with van der Waals surface area (Å²) in [6, 6.07) is 100. The highest BCUT2D eigenvalue weighted by atomic mass is 15.2. The zero-order valence-corrected chi connectivity index (χ0v) is 42.3. The molecule has 0 saturated carbocycles. The van der Waals surface area contributed by atoms with E-state index in [0.717, 1.165) is 51.2 Å². The Labute approximate surface area is 436 Å². The van der Waals surface area contributed by atoms with Gasteiger partial charge >= 0.3 is 0 Å². The van der Waals surface area contributed by atoms with Crippen molar-refractivity contribution in [3.63, 3.8) is 0 Å². The van der Waals surface area contributed by atoms with Crippen LogP contribution in [0.1, 0.15) is 44.5 Å². The first-order valence-electron chi connectivity index (χ1n) is 25.7. The van der Waals surface area contributed by atoms with Crippen LogP contribution < -0.4 is 14.7 Å². The van der Waals surface area contributed by atoms with E-state index in [0.29, 0.717) is 0 Å². The average molecular weight is 952 g/mol. The molecule has 0 unspecified atom stereocenters. The molecule has 0 aliphatic carbocycles. The smallest absolute Gasteiger partial charge is 0.0742 e. The van der Waals surface area contributed by atoms with Gasteiger partial charge in [-0.1, -0.05) is 199 Å². The van der Waals surface area contributed by atoms with Gasteiger partial charge in [0.1, 0.15) is 0 Å². The summed E-state index contributed by atoms with van der Waals surface area (Å²) in [5.74, 6) is 0. The second-order valence-electron chi connectivity index (χ2n) is 19.6. The van der Waals surface area contributed by atoms with E-state index < -0.39 is 5.41 Å². The molecular formula is C71H57N3. The molecule has 0 atom stereocenters. The summed E-state index contributed by atoms with van der Waals surface area (Å²) in [7, 11) is 0. The summed E-state index contributed by atoms with van der Waals surface area (Å²) in [6.07, 6.45) is 0. The third-order valence-corrected chi connectivity index (χ3v) is 14.9. The van der Waals surface area contributed by atoms with E-state index in [1.54, 1.807) is 0 Å². The van der Waals surface area contributed by atoms with E-state index in [-0.39, 0.29) is 0 Å². The molecule has 3 heteroatoms. The highest BCUT2D eigenvalue weighted by molar-refractivity contribution is 5.90. The van der Waals surface area contributed by atoms with E-state index in [2.05, 4.69) is 315 Å². The van der Waals surface area contributed by atoms with Crippen LogP contribution in [0.5, 0.6) is 0 Å². The zero-order chi connectivity index (χ0) is 50.2. The minimum atomic E-state index is -0.709. The minimum Gasteiger partial charge on any atom is -0.310 e. The van der Waals surface area contributed by atoms with Gasteiger partial charge in [0.15, 0.2) is 0 Å². The van der Waals surface area contributed by atoms with Crippen LogP contribution in [-0.2, 0) is 5.41 Å². The maximum atomic E-state index is 2.44. The summed E-state index contributed by atoms with van der Waals surface area (Å²) in [4.78, 5) is 7.25. The summed E-state index contributed by atoms with van der Waals surface area (Å²) in [6.45, 7) is 8.77. The predicted octanol–water partition coefficient (Wildman–Crippen LogP) is 19.4. The van der Waals surface area contributed by atoms with Gasteiger partial charge in [-0.2, -0.15) is 0 Å². The molecular weight excluding hydrogens is 895 g/mol. The number of nitrogens with zero attached hydrogens (tertiary/aromatic N) is 3. The molecule has 356 valence electrons. The third kappa shape index (κ3) is 8.23. The molecule has 11 aromatic rings. The Hall–Kier alpha value is -9.18. The molecule has 3 nitrogen and oxygen atoms in total. The first-order chi connectivity index (χ1) is 36.3. The van der Waals surface area contributed by atoms with Gasteiger partial charge in [0, 0.05) is 39.8 Å². The molecule has 11 aromatic carbocycles. The third-order valence-electron chi connectivity index (χ3n) is 14.9. The van der Waals surface area contributed by atoms with Crippen LogP contribution in [0.15, 0.2) is 273 Å². The fourth-order valence-corrected chi connectivity index (χ4v) is 11.4. The van der Waals surface area contributed by atoms with Crippen LogP contribution in [0, 0.1) is 27.7 Å². The number of fused-ring (bicyclic) bond motifs is 2. The largest absolute Gasteiger partial charge is 0.310 e.